The average molecular weight is 435 g/mol. The van der Waals surface area contributed by atoms with Gasteiger partial charge in [0, 0.05) is 10.6 Å². The van der Waals surface area contributed by atoms with Gasteiger partial charge in [0.05, 0.1) is 6.61 Å². The van der Waals surface area contributed by atoms with Gasteiger partial charge < -0.3 is 4.74 Å². The van der Waals surface area contributed by atoms with Crippen LogP contribution in [0.3, 0.4) is 0 Å². The predicted octanol–water partition coefficient (Wildman–Crippen LogP) is 5.24. The fraction of sp³-hybridized carbons (Fsp3) is 0.217. The maximum atomic E-state index is 11.5. The number of rotatable bonds is 8. The summed E-state index contributed by atoms with van der Waals surface area (Å²) in [5, 5.41) is 22.3. The standard InChI is InChI=1S/C23H22N4O3S/c1-3-30-19-13-11-18(12-14-19)27-16(2)24-25-23(27)31-22(15-26(28)29)21-10-6-8-17-7-4-5-9-20(17)21/h4-14,22H,3,15H2,1-2H3/t22-/m0/s1. The zero-order valence-electron chi connectivity index (χ0n) is 17.3. The molecule has 158 valence electrons. The average Bonchev–Trinajstić information content (AvgIpc) is 3.13. The second-order valence-corrected chi connectivity index (χ2v) is 8.15. The molecule has 0 aliphatic carbocycles. The zero-order valence-corrected chi connectivity index (χ0v) is 18.1. The Hall–Kier alpha value is -3.39. The van der Waals surface area contributed by atoms with Gasteiger partial charge in [0.1, 0.15) is 16.8 Å². The van der Waals surface area contributed by atoms with Gasteiger partial charge >= 0.3 is 0 Å². The molecule has 0 saturated heterocycles. The van der Waals surface area contributed by atoms with E-state index in [9.17, 15) is 10.1 Å². The molecule has 0 unspecified atom stereocenters. The van der Waals surface area contributed by atoms with E-state index in [-0.39, 0.29) is 11.5 Å². The largest absolute Gasteiger partial charge is 0.494 e. The molecule has 0 aliphatic rings. The first-order valence-electron chi connectivity index (χ1n) is 9.98. The summed E-state index contributed by atoms with van der Waals surface area (Å²) in [6.07, 6.45) is 0. The van der Waals surface area contributed by atoms with Crippen LogP contribution in [-0.4, -0.2) is 32.8 Å². The van der Waals surface area contributed by atoms with E-state index in [1.165, 1.54) is 11.8 Å². The van der Waals surface area contributed by atoms with Crippen LogP contribution >= 0.6 is 11.8 Å². The van der Waals surface area contributed by atoms with Crippen molar-refractivity contribution in [2.24, 2.45) is 0 Å². The van der Waals surface area contributed by atoms with Crippen LogP contribution in [0.5, 0.6) is 5.75 Å². The molecule has 8 heteroatoms. The number of nitro groups is 1. The molecule has 0 fully saturated rings. The number of benzene rings is 3. The van der Waals surface area contributed by atoms with Crippen LogP contribution in [0.15, 0.2) is 71.9 Å². The summed E-state index contributed by atoms with van der Waals surface area (Å²) >= 11 is 1.36. The number of aryl methyl sites for hydroxylation is 1. The molecule has 3 aromatic carbocycles. The molecule has 1 atom stereocenters. The highest BCUT2D eigenvalue weighted by atomic mass is 32.2. The van der Waals surface area contributed by atoms with Crippen molar-refractivity contribution >= 4 is 22.5 Å². The summed E-state index contributed by atoms with van der Waals surface area (Å²) < 4.78 is 7.44. The monoisotopic (exact) mass is 434 g/mol. The van der Waals surface area contributed by atoms with Crippen LogP contribution in [0.25, 0.3) is 16.5 Å². The maximum absolute atomic E-state index is 11.5. The molecular formula is C23H22N4O3S. The van der Waals surface area contributed by atoms with Gasteiger partial charge in [0.25, 0.3) is 0 Å². The lowest BCUT2D eigenvalue weighted by Crippen LogP contribution is -2.11. The number of aromatic nitrogens is 3. The molecule has 0 spiro atoms. The van der Waals surface area contributed by atoms with E-state index in [1.54, 1.807) is 0 Å². The van der Waals surface area contributed by atoms with Gasteiger partial charge in [-0.15, -0.1) is 10.2 Å². The first-order valence-corrected chi connectivity index (χ1v) is 10.9. The lowest BCUT2D eigenvalue weighted by atomic mass is 10.0. The molecule has 0 radical (unpaired) electrons. The lowest BCUT2D eigenvalue weighted by Gasteiger charge is -2.16. The van der Waals surface area contributed by atoms with Crippen molar-refractivity contribution in [1.82, 2.24) is 14.8 Å². The van der Waals surface area contributed by atoms with Crippen LogP contribution in [-0.2, 0) is 0 Å². The molecular weight excluding hydrogens is 412 g/mol. The summed E-state index contributed by atoms with van der Waals surface area (Å²) in [4.78, 5) is 11.2. The van der Waals surface area contributed by atoms with Crippen molar-refractivity contribution in [2.75, 3.05) is 13.2 Å². The van der Waals surface area contributed by atoms with E-state index in [0.29, 0.717) is 17.6 Å². The van der Waals surface area contributed by atoms with Crippen molar-refractivity contribution in [3.8, 4) is 11.4 Å². The Labute approximate surface area is 184 Å². The summed E-state index contributed by atoms with van der Waals surface area (Å²) in [6, 6.07) is 21.5. The minimum absolute atomic E-state index is 0.214. The Bertz CT molecular complexity index is 1200. The second-order valence-electron chi connectivity index (χ2n) is 6.98. The van der Waals surface area contributed by atoms with Crippen molar-refractivity contribution in [2.45, 2.75) is 24.3 Å². The smallest absolute Gasteiger partial charge is 0.220 e. The lowest BCUT2D eigenvalue weighted by molar-refractivity contribution is -0.479. The van der Waals surface area contributed by atoms with Crippen LogP contribution in [0.2, 0.25) is 0 Å². The molecule has 0 saturated carbocycles. The molecule has 0 N–H and O–H groups in total. The molecule has 7 nitrogen and oxygen atoms in total. The number of hydrogen-bond donors (Lipinski definition) is 0. The van der Waals surface area contributed by atoms with E-state index < -0.39 is 5.25 Å². The van der Waals surface area contributed by atoms with Crippen molar-refractivity contribution in [3.63, 3.8) is 0 Å². The number of nitrogens with zero attached hydrogens (tertiary/aromatic N) is 4. The molecule has 0 bridgehead atoms. The van der Waals surface area contributed by atoms with E-state index in [2.05, 4.69) is 10.2 Å². The number of fused-ring (bicyclic) bond motifs is 1. The first kappa shape index (κ1) is 20.9. The molecule has 1 aromatic heterocycles. The Balaban J connectivity index is 1.72. The highest BCUT2D eigenvalue weighted by molar-refractivity contribution is 7.99. The minimum atomic E-state index is -0.411. The van der Waals surface area contributed by atoms with Crippen molar-refractivity contribution in [1.29, 1.82) is 0 Å². The van der Waals surface area contributed by atoms with Crippen LogP contribution in [0.4, 0.5) is 0 Å². The molecule has 4 aromatic rings. The molecule has 4 rings (SSSR count). The summed E-state index contributed by atoms with van der Waals surface area (Å²) in [5.74, 6) is 1.50. The van der Waals surface area contributed by atoms with E-state index in [0.717, 1.165) is 27.8 Å². The third kappa shape index (κ3) is 4.54. The summed E-state index contributed by atoms with van der Waals surface area (Å²) in [7, 11) is 0. The topological polar surface area (TPSA) is 83.1 Å². The molecule has 0 aliphatic heterocycles. The van der Waals surface area contributed by atoms with Crippen LogP contribution in [0.1, 0.15) is 23.6 Å². The van der Waals surface area contributed by atoms with Gasteiger partial charge in [-0.05, 0) is 54.4 Å². The van der Waals surface area contributed by atoms with Gasteiger partial charge in [-0.2, -0.15) is 0 Å². The number of ether oxygens (including phenoxy) is 1. The number of thioether (sulfide) groups is 1. The van der Waals surface area contributed by atoms with E-state index in [4.69, 9.17) is 4.74 Å². The zero-order chi connectivity index (χ0) is 21.8. The van der Waals surface area contributed by atoms with Crippen molar-refractivity contribution < 1.29 is 9.66 Å². The fourth-order valence-corrected chi connectivity index (χ4v) is 4.78. The SMILES string of the molecule is CCOc1ccc(-n2c(C)nnc2S[C@@H](C[N+](=O)[O-])c2cccc3ccccc23)cc1. The van der Waals surface area contributed by atoms with Gasteiger partial charge in [-0.3, -0.25) is 14.7 Å². The predicted molar refractivity (Wildman–Crippen MR) is 122 cm³/mol. The molecule has 31 heavy (non-hydrogen) atoms. The Morgan fingerprint density at radius 1 is 1.06 bits per heavy atom. The Kier molecular flexibility index (Phi) is 6.18. The van der Waals surface area contributed by atoms with Crippen LogP contribution < -0.4 is 4.74 Å². The summed E-state index contributed by atoms with van der Waals surface area (Å²) in [5.41, 5.74) is 1.80. The van der Waals surface area contributed by atoms with E-state index >= 15 is 0 Å². The normalized spacial score (nSPS) is 12.1. The number of hydrogen-bond acceptors (Lipinski definition) is 6. The highest BCUT2D eigenvalue weighted by Crippen LogP contribution is 2.39. The Morgan fingerprint density at radius 2 is 1.81 bits per heavy atom. The highest BCUT2D eigenvalue weighted by Gasteiger charge is 2.25. The van der Waals surface area contributed by atoms with E-state index in [1.807, 2.05) is 85.1 Å². The second kappa shape index (κ2) is 9.18. The fourth-order valence-electron chi connectivity index (χ4n) is 3.57. The third-order valence-electron chi connectivity index (χ3n) is 4.93. The van der Waals surface area contributed by atoms with Crippen molar-refractivity contribution in [3.05, 3.63) is 88.2 Å². The third-order valence-corrected chi connectivity index (χ3v) is 6.10. The molecule has 1 heterocycles. The van der Waals surface area contributed by atoms with Gasteiger partial charge in [0.2, 0.25) is 6.54 Å². The minimum Gasteiger partial charge on any atom is -0.494 e. The first-order chi connectivity index (χ1) is 15.1. The van der Waals surface area contributed by atoms with Gasteiger partial charge in [0.15, 0.2) is 5.16 Å². The van der Waals surface area contributed by atoms with Gasteiger partial charge in [-0.1, -0.05) is 54.2 Å². The maximum Gasteiger partial charge on any atom is 0.220 e. The quantitative estimate of drug-likeness (QED) is 0.214. The summed E-state index contributed by atoms with van der Waals surface area (Å²) in [6.45, 7) is 4.19. The Morgan fingerprint density at radius 3 is 2.55 bits per heavy atom. The van der Waals surface area contributed by atoms with Gasteiger partial charge in [-0.25, -0.2) is 0 Å². The molecule has 0 amide bonds. The van der Waals surface area contributed by atoms with Crippen LogP contribution in [0, 0.1) is 17.0 Å².